The summed E-state index contributed by atoms with van der Waals surface area (Å²) in [4.78, 5) is 17.5. The molecule has 26 heavy (non-hydrogen) atoms. The van der Waals surface area contributed by atoms with Crippen molar-refractivity contribution in [1.82, 2.24) is 9.55 Å². The molecule has 4 nitrogen and oxygen atoms in total. The van der Waals surface area contributed by atoms with Crippen molar-refractivity contribution >= 4 is 39.3 Å². The fraction of sp³-hybridized carbons (Fsp3) is 0.200. The Morgan fingerprint density at radius 3 is 2.54 bits per heavy atom. The molecule has 0 aliphatic carbocycles. The molecule has 0 saturated heterocycles. The van der Waals surface area contributed by atoms with Crippen LogP contribution in [-0.4, -0.2) is 21.2 Å². The molecule has 2 aromatic carbocycles. The number of carbonyl (C=O) groups excluding carboxylic acids is 1. The van der Waals surface area contributed by atoms with Crippen LogP contribution in [0, 0.1) is 6.92 Å². The molecular formula is C20H20BrN3OS. The van der Waals surface area contributed by atoms with Crippen molar-refractivity contribution in [3.05, 3.63) is 76.8 Å². The second-order valence-electron chi connectivity index (χ2n) is 5.90. The van der Waals surface area contributed by atoms with E-state index in [1.54, 1.807) is 18.0 Å². The van der Waals surface area contributed by atoms with Gasteiger partial charge in [-0.25, -0.2) is 4.98 Å². The van der Waals surface area contributed by atoms with Gasteiger partial charge in [-0.05, 0) is 48.9 Å². The molecule has 0 fully saturated rings. The zero-order chi connectivity index (χ0) is 18.4. The number of nitrogens with one attached hydrogen (secondary N) is 1. The minimum atomic E-state index is 0.0350. The third-order valence-corrected chi connectivity index (χ3v) is 5.47. The van der Waals surface area contributed by atoms with Crippen LogP contribution in [-0.2, 0) is 11.3 Å². The first-order chi connectivity index (χ1) is 12.6. The van der Waals surface area contributed by atoms with Crippen LogP contribution < -0.4 is 5.32 Å². The second-order valence-corrected chi connectivity index (χ2v) is 7.98. The summed E-state index contributed by atoms with van der Waals surface area (Å²) in [5, 5.41) is 2.96. The zero-order valence-corrected chi connectivity index (χ0v) is 16.9. The van der Waals surface area contributed by atoms with Gasteiger partial charge in [0, 0.05) is 46.2 Å². The Morgan fingerprint density at radius 2 is 1.88 bits per heavy atom. The van der Waals surface area contributed by atoms with Crippen molar-refractivity contribution in [3.8, 4) is 0 Å². The van der Waals surface area contributed by atoms with E-state index >= 15 is 0 Å². The summed E-state index contributed by atoms with van der Waals surface area (Å²) < 4.78 is 3.15. The lowest BCUT2D eigenvalue weighted by Crippen LogP contribution is -2.12. The number of thioether (sulfide) groups is 1. The summed E-state index contributed by atoms with van der Waals surface area (Å²) in [6, 6.07) is 16.1. The van der Waals surface area contributed by atoms with Gasteiger partial charge in [-0.2, -0.15) is 0 Å². The molecule has 3 aromatic rings. The lowest BCUT2D eigenvalue weighted by atomic mass is 10.2. The lowest BCUT2D eigenvalue weighted by molar-refractivity contribution is -0.115. The molecule has 1 aromatic heterocycles. The Balaban J connectivity index is 1.45. The average molecular weight is 430 g/mol. The summed E-state index contributed by atoms with van der Waals surface area (Å²) in [5.74, 6) is 1.78. The molecule has 0 aliphatic heterocycles. The molecule has 0 unspecified atom stereocenters. The fourth-order valence-electron chi connectivity index (χ4n) is 2.48. The number of hydrogen-bond donors (Lipinski definition) is 1. The second kappa shape index (κ2) is 9.05. The highest BCUT2D eigenvalue weighted by Crippen LogP contribution is 2.21. The van der Waals surface area contributed by atoms with E-state index in [9.17, 15) is 4.79 Å². The normalized spacial score (nSPS) is 10.7. The number of halogens is 1. The summed E-state index contributed by atoms with van der Waals surface area (Å²) >= 11 is 5.10. The average Bonchev–Trinajstić information content (AvgIpc) is 3.03. The van der Waals surface area contributed by atoms with E-state index < -0.39 is 0 Å². The lowest BCUT2D eigenvalue weighted by Gasteiger charge is -2.08. The Hall–Kier alpha value is -2.05. The largest absolute Gasteiger partial charge is 0.331 e. The van der Waals surface area contributed by atoms with E-state index in [1.807, 2.05) is 61.7 Å². The Bertz CT molecular complexity index is 860. The molecule has 0 spiro atoms. The van der Waals surface area contributed by atoms with Crippen LogP contribution >= 0.6 is 27.7 Å². The highest BCUT2D eigenvalue weighted by Gasteiger charge is 2.04. The molecule has 1 N–H and O–H groups in total. The zero-order valence-electron chi connectivity index (χ0n) is 14.5. The van der Waals surface area contributed by atoms with E-state index in [4.69, 9.17) is 0 Å². The van der Waals surface area contributed by atoms with E-state index in [2.05, 4.69) is 30.8 Å². The maximum atomic E-state index is 12.1. The van der Waals surface area contributed by atoms with Gasteiger partial charge in [0.1, 0.15) is 5.82 Å². The van der Waals surface area contributed by atoms with Crippen LogP contribution in [0.25, 0.3) is 0 Å². The van der Waals surface area contributed by atoms with Crippen molar-refractivity contribution in [2.24, 2.45) is 0 Å². The molecule has 6 heteroatoms. The minimum absolute atomic E-state index is 0.0350. The molecule has 0 aliphatic rings. The number of aromatic nitrogens is 2. The number of aryl methyl sites for hydroxylation is 1. The molecule has 3 rings (SSSR count). The Labute approximate surface area is 166 Å². The molecule has 134 valence electrons. The van der Waals surface area contributed by atoms with Crippen molar-refractivity contribution in [1.29, 1.82) is 0 Å². The Kier molecular flexibility index (Phi) is 6.52. The fourth-order valence-corrected chi connectivity index (χ4v) is 3.59. The molecular weight excluding hydrogens is 410 g/mol. The topological polar surface area (TPSA) is 46.9 Å². The van der Waals surface area contributed by atoms with Crippen LogP contribution in [0.2, 0.25) is 0 Å². The minimum Gasteiger partial charge on any atom is -0.331 e. The van der Waals surface area contributed by atoms with Gasteiger partial charge in [0.05, 0.1) is 0 Å². The third-order valence-electron chi connectivity index (χ3n) is 3.93. The van der Waals surface area contributed by atoms with Crippen LogP contribution in [0.15, 0.2) is 70.3 Å². The predicted octanol–water partition coefficient (Wildman–Crippen LogP) is 5.12. The predicted molar refractivity (Wildman–Crippen MR) is 111 cm³/mol. The van der Waals surface area contributed by atoms with Gasteiger partial charge in [0.25, 0.3) is 0 Å². The van der Waals surface area contributed by atoms with Gasteiger partial charge in [-0.1, -0.05) is 28.1 Å². The van der Waals surface area contributed by atoms with E-state index in [0.29, 0.717) is 6.42 Å². The van der Waals surface area contributed by atoms with E-state index in [1.165, 1.54) is 10.5 Å². The van der Waals surface area contributed by atoms with Crippen LogP contribution in [0.3, 0.4) is 0 Å². The monoisotopic (exact) mass is 429 g/mol. The van der Waals surface area contributed by atoms with Crippen molar-refractivity contribution in [2.75, 3.05) is 11.1 Å². The van der Waals surface area contributed by atoms with Crippen LogP contribution in [0.1, 0.15) is 17.8 Å². The standard InChI is InChI=1S/C20H20BrN3OS/c1-15-22-11-12-24(15)14-16-2-6-18(7-3-16)23-20(25)10-13-26-19-8-4-17(21)5-9-19/h2-9,11-12H,10,13-14H2,1H3,(H,23,25). The number of amides is 1. The molecule has 0 bridgehead atoms. The summed E-state index contributed by atoms with van der Waals surface area (Å²) in [6.45, 7) is 2.77. The first-order valence-corrected chi connectivity index (χ1v) is 10.1. The molecule has 1 amide bonds. The van der Waals surface area contributed by atoms with E-state index in [0.717, 1.165) is 28.3 Å². The highest BCUT2D eigenvalue weighted by atomic mass is 79.9. The number of hydrogen-bond acceptors (Lipinski definition) is 3. The SMILES string of the molecule is Cc1nccn1Cc1ccc(NC(=O)CCSc2ccc(Br)cc2)cc1. The number of rotatable bonds is 7. The highest BCUT2D eigenvalue weighted by molar-refractivity contribution is 9.10. The van der Waals surface area contributed by atoms with Gasteiger partial charge in [0.2, 0.25) is 5.91 Å². The quantitative estimate of drug-likeness (QED) is 0.529. The summed E-state index contributed by atoms with van der Waals surface area (Å²) in [7, 11) is 0. The van der Waals surface area contributed by atoms with E-state index in [-0.39, 0.29) is 5.91 Å². The number of nitrogens with zero attached hydrogens (tertiary/aromatic N) is 2. The van der Waals surface area contributed by atoms with Gasteiger partial charge >= 0.3 is 0 Å². The van der Waals surface area contributed by atoms with Gasteiger partial charge in [0.15, 0.2) is 0 Å². The van der Waals surface area contributed by atoms with Gasteiger partial charge < -0.3 is 9.88 Å². The molecule has 0 atom stereocenters. The Morgan fingerprint density at radius 1 is 1.15 bits per heavy atom. The van der Waals surface area contributed by atoms with Crippen molar-refractivity contribution < 1.29 is 4.79 Å². The smallest absolute Gasteiger partial charge is 0.225 e. The maximum Gasteiger partial charge on any atom is 0.225 e. The van der Waals surface area contributed by atoms with Gasteiger partial charge in [-0.15, -0.1) is 11.8 Å². The van der Waals surface area contributed by atoms with Crippen LogP contribution in [0.4, 0.5) is 5.69 Å². The van der Waals surface area contributed by atoms with Gasteiger partial charge in [-0.3, -0.25) is 4.79 Å². The number of carbonyl (C=O) groups is 1. The number of anilines is 1. The molecule has 1 heterocycles. The van der Waals surface area contributed by atoms with Crippen molar-refractivity contribution in [3.63, 3.8) is 0 Å². The van der Waals surface area contributed by atoms with Crippen LogP contribution in [0.5, 0.6) is 0 Å². The first-order valence-electron chi connectivity index (χ1n) is 8.35. The molecule has 0 saturated carbocycles. The summed E-state index contributed by atoms with van der Waals surface area (Å²) in [6.07, 6.45) is 4.25. The third kappa shape index (κ3) is 5.47. The molecule has 0 radical (unpaired) electrons. The van der Waals surface area contributed by atoms with Crippen molar-refractivity contribution in [2.45, 2.75) is 24.8 Å². The number of imidazole rings is 1. The summed E-state index contributed by atoms with van der Waals surface area (Å²) in [5.41, 5.74) is 2.00. The maximum absolute atomic E-state index is 12.1. The number of benzene rings is 2. The first kappa shape index (κ1) is 18.7.